The Morgan fingerprint density at radius 2 is 2.00 bits per heavy atom. The number of ether oxygens (including phenoxy) is 2. The van der Waals surface area contributed by atoms with Crippen LogP contribution < -0.4 is 20.2 Å². The molecule has 0 atom stereocenters. The van der Waals surface area contributed by atoms with Crippen molar-refractivity contribution >= 4 is 16.9 Å². The van der Waals surface area contributed by atoms with E-state index in [-0.39, 0.29) is 29.9 Å². The van der Waals surface area contributed by atoms with E-state index >= 15 is 0 Å². The van der Waals surface area contributed by atoms with Crippen molar-refractivity contribution < 1.29 is 18.7 Å². The Bertz CT molecular complexity index is 1100. The number of fused-ring (bicyclic) bond motifs is 2. The molecule has 28 heavy (non-hydrogen) atoms. The summed E-state index contributed by atoms with van der Waals surface area (Å²) < 4.78 is 17.3. The number of carbonyl (C=O) groups is 1. The van der Waals surface area contributed by atoms with Crippen LogP contribution in [-0.2, 0) is 6.42 Å². The van der Waals surface area contributed by atoms with Crippen molar-refractivity contribution in [3.05, 3.63) is 70.1 Å². The molecule has 4 rings (SSSR count). The Labute approximate surface area is 162 Å². The minimum absolute atomic E-state index is 0.0191. The zero-order valence-electron chi connectivity index (χ0n) is 15.8. The lowest BCUT2D eigenvalue weighted by Gasteiger charge is -2.18. The second kappa shape index (κ2) is 7.03. The van der Waals surface area contributed by atoms with E-state index in [4.69, 9.17) is 13.9 Å². The zero-order chi connectivity index (χ0) is 19.7. The van der Waals surface area contributed by atoms with Crippen molar-refractivity contribution in [2.24, 2.45) is 0 Å². The highest BCUT2D eigenvalue weighted by Gasteiger charge is 2.32. The number of nitrogens with one attached hydrogen (secondary N) is 1. The molecule has 0 unspecified atom stereocenters. The highest BCUT2D eigenvalue weighted by molar-refractivity contribution is 5.93. The number of hydrogen-bond acceptors (Lipinski definition) is 5. The Kier molecular flexibility index (Phi) is 4.55. The molecule has 6 heteroatoms. The van der Waals surface area contributed by atoms with E-state index in [2.05, 4.69) is 5.32 Å². The molecule has 3 aromatic rings. The van der Waals surface area contributed by atoms with Crippen molar-refractivity contribution in [3.8, 4) is 11.5 Å². The number of amides is 1. The van der Waals surface area contributed by atoms with E-state index in [0.29, 0.717) is 16.7 Å². The van der Waals surface area contributed by atoms with E-state index in [1.807, 2.05) is 32.0 Å². The second-order valence-corrected chi connectivity index (χ2v) is 7.36. The van der Waals surface area contributed by atoms with E-state index in [1.54, 1.807) is 24.3 Å². The van der Waals surface area contributed by atoms with Gasteiger partial charge in [-0.2, -0.15) is 0 Å². The molecule has 0 radical (unpaired) electrons. The summed E-state index contributed by atoms with van der Waals surface area (Å²) in [6.07, 6.45) is 0.831. The maximum absolute atomic E-state index is 12.3. The fourth-order valence-corrected chi connectivity index (χ4v) is 3.33. The molecule has 2 aromatic carbocycles. The largest absolute Gasteiger partial charge is 0.488 e. The molecule has 0 saturated heterocycles. The fourth-order valence-electron chi connectivity index (χ4n) is 3.33. The van der Waals surface area contributed by atoms with Gasteiger partial charge in [-0.15, -0.1) is 0 Å². The van der Waals surface area contributed by atoms with E-state index < -0.39 is 5.91 Å². The van der Waals surface area contributed by atoms with Gasteiger partial charge in [-0.05, 0) is 32.0 Å². The average Bonchev–Trinajstić information content (AvgIpc) is 2.99. The fraction of sp³-hybridized carbons (Fsp3) is 0.273. The molecule has 0 saturated carbocycles. The van der Waals surface area contributed by atoms with Crippen LogP contribution in [0.15, 0.2) is 57.7 Å². The normalized spacial score (nSPS) is 14.4. The molecule has 1 aliphatic heterocycles. The molecular weight excluding hydrogens is 358 g/mol. The lowest BCUT2D eigenvalue weighted by molar-refractivity contribution is 0.0919. The van der Waals surface area contributed by atoms with Gasteiger partial charge in [-0.25, -0.2) is 0 Å². The number of benzene rings is 2. The number of hydrogen-bond donors (Lipinski definition) is 1. The van der Waals surface area contributed by atoms with Crippen LogP contribution in [-0.4, -0.2) is 24.7 Å². The van der Waals surface area contributed by atoms with E-state index in [1.165, 1.54) is 6.07 Å². The topological polar surface area (TPSA) is 77.8 Å². The molecule has 1 amide bonds. The van der Waals surface area contributed by atoms with Gasteiger partial charge in [0.1, 0.15) is 17.8 Å². The molecule has 144 valence electrons. The Morgan fingerprint density at radius 3 is 2.86 bits per heavy atom. The zero-order valence-corrected chi connectivity index (χ0v) is 15.8. The van der Waals surface area contributed by atoms with Crippen LogP contribution in [0.2, 0.25) is 0 Å². The van der Waals surface area contributed by atoms with Crippen molar-refractivity contribution in [2.45, 2.75) is 25.9 Å². The highest BCUT2D eigenvalue weighted by atomic mass is 16.5. The minimum Gasteiger partial charge on any atom is -0.488 e. The van der Waals surface area contributed by atoms with Gasteiger partial charge in [0.05, 0.1) is 11.9 Å². The standard InChI is InChI=1S/C22H21NO5/c1-22(2)13-14-6-5-9-18(20(14)28-22)26-11-10-23-21(25)19-12-16(24)15-7-3-4-8-17(15)27-19/h3-9,12H,10-11,13H2,1-2H3,(H,23,25). The summed E-state index contributed by atoms with van der Waals surface area (Å²) in [6, 6.07) is 13.8. The van der Waals surface area contributed by atoms with Crippen LogP contribution in [0.3, 0.4) is 0 Å². The highest BCUT2D eigenvalue weighted by Crippen LogP contribution is 2.41. The van der Waals surface area contributed by atoms with Crippen LogP contribution >= 0.6 is 0 Å². The van der Waals surface area contributed by atoms with Crippen LogP contribution in [0.4, 0.5) is 0 Å². The molecule has 1 aromatic heterocycles. The quantitative estimate of drug-likeness (QED) is 0.688. The van der Waals surface area contributed by atoms with Gasteiger partial charge in [-0.3, -0.25) is 9.59 Å². The summed E-state index contributed by atoms with van der Waals surface area (Å²) in [5.41, 5.74) is 1.01. The molecule has 2 heterocycles. The van der Waals surface area contributed by atoms with Gasteiger partial charge in [0.15, 0.2) is 22.7 Å². The SMILES string of the molecule is CC1(C)Cc2cccc(OCCNC(=O)c3cc(=O)c4ccccc4o3)c2O1. The van der Waals surface area contributed by atoms with Gasteiger partial charge in [-0.1, -0.05) is 24.3 Å². The molecule has 0 fully saturated rings. The van der Waals surface area contributed by atoms with Crippen molar-refractivity contribution in [3.63, 3.8) is 0 Å². The van der Waals surface area contributed by atoms with Gasteiger partial charge < -0.3 is 19.2 Å². The van der Waals surface area contributed by atoms with E-state index in [9.17, 15) is 9.59 Å². The molecule has 1 N–H and O–H groups in total. The summed E-state index contributed by atoms with van der Waals surface area (Å²) in [4.78, 5) is 24.4. The molecule has 0 bridgehead atoms. The van der Waals surface area contributed by atoms with Crippen molar-refractivity contribution in [1.29, 1.82) is 0 Å². The monoisotopic (exact) mass is 379 g/mol. The molecular formula is C22H21NO5. The first-order valence-corrected chi connectivity index (χ1v) is 9.18. The van der Waals surface area contributed by atoms with Crippen LogP contribution in [0.5, 0.6) is 11.5 Å². The van der Waals surface area contributed by atoms with Crippen molar-refractivity contribution in [2.75, 3.05) is 13.2 Å². The Morgan fingerprint density at radius 1 is 1.18 bits per heavy atom. The molecule has 6 nitrogen and oxygen atoms in total. The third-order valence-electron chi connectivity index (χ3n) is 4.56. The van der Waals surface area contributed by atoms with Gasteiger partial charge in [0, 0.05) is 18.1 Å². The third-order valence-corrected chi connectivity index (χ3v) is 4.56. The summed E-state index contributed by atoms with van der Waals surface area (Å²) in [7, 11) is 0. The average molecular weight is 379 g/mol. The number of rotatable bonds is 5. The van der Waals surface area contributed by atoms with Gasteiger partial charge >= 0.3 is 0 Å². The van der Waals surface area contributed by atoms with E-state index in [0.717, 1.165) is 17.7 Å². The lowest BCUT2D eigenvalue weighted by Crippen LogP contribution is -2.29. The Balaban J connectivity index is 1.37. The smallest absolute Gasteiger partial charge is 0.287 e. The van der Waals surface area contributed by atoms with Gasteiger partial charge in [0.25, 0.3) is 5.91 Å². The van der Waals surface area contributed by atoms with Crippen LogP contribution in [0.25, 0.3) is 11.0 Å². The summed E-state index contributed by atoms with van der Waals surface area (Å²) in [6.45, 7) is 4.61. The second-order valence-electron chi connectivity index (χ2n) is 7.36. The van der Waals surface area contributed by atoms with Crippen LogP contribution in [0.1, 0.15) is 30.0 Å². The first-order valence-electron chi connectivity index (χ1n) is 9.18. The summed E-state index contributed by atoms with van der Waals surface area (Å²) in [5.74, 6) is 0.949. The number of para-hydroxylation sites is 2. The molecule has 1 aliphatic rings. The maximum atomic E-state index is 12.3. The van der Waals surface area contributed by atoms with Crippen LogP contribution in [0, 0.1) is 0 Å². The number of carbonyl (C=O) groups excluding carboxylic acids is 1. The summed E-state index contributed by atoms with van der Waals surface area (Å²) in [5, 5.41) is 3.16. The maximum Gasteiger partial charge on any atom is 0.287 e. The van der Waals surface area contributed by atoms with Gasteiger partial charge in [0.2, 0.25) is 0 Å². The summed E-state index contributed by atoms with van der Waals surface area (Å²) >= 11 is 0. The molecule has 0 aliphatic carbocycles. The molecule has 0 spiro atoms. The third kappa shape index (κ3) is 3.58. The first-order chi connectivity index (χ1) is 13.4. The minimum atomic E-state index is -0.456. The van der Waals surface area contributed by atoms with Crippen molar-refractivity contribution in [1.82, 2.24) is 5.32 Å². The predicted octanol–water partition coefficient (Wildman–Crippen LogP) is 3.32. The lowest BCUT2D eigenvalue weighted by atomic mass is 10.0. The first kappa shape index (κ1) is 18.1. The Hall–Kier alpha value is -3.28. The predicted molar refractivity (Wildman–Crippen MR) is 105 cm³/mol.